The summed E-state index contributed by atoms with van der Waals surface area (Å²) in [5, 5.41) is 0. The van der Waals surface area contributed by atoms with Crippen molar-refractivity contribution in [2.45, 2.75) is 20.8 Å². The number of hydrogen-bond acceptors (Lipinski definition) is 2. The van der Waals surface area contributed by atoms with Crippen molar-refractivity contribution in [2.24, 2.45) is 0 Å². The van der Waals surface area contributed by atoms with Crippen LogP contribution in [0, 0.1) is 0 Å². The molecule has 0 saturated heterocycles. The molecule has 88 valence electrons. The second kappa shape index (κ2) is 6.97. The van der Waals surface area contributed by atoms with E-state index in [1.54, 1.807) is 0 Å². The summed E-state index contributed by atoms with van der Waals surface area (Å²) in [7, 11) is 0. The fourth-order valence-corrected chi connectivity index (χ4v) is 2.53. The molecule has 0 spiro atoms. The summed E-state index contributed by atoms with van der Waals surface area (Å²) in [6.07, 6.45) is 0. The molecule has 0 heterocycles. The second-order valence-electron chi connectivity index (χ2n) is 3.56. The van der Waals surface area contributed by atoms with Gasteiger partial charge in [0.25, 0.3) is 0 Å². The number of hydrogen-bond donors (Lipinski definition) is 0. The summed E-state index contributed by atoms with van der Waals surface area (Å²) in [5.74, 6) is 0.936. The van der Waals surface area contributed by atoms with Crippen molar-refractivity contribution >= 4 is 26.9 Å². The van der Waals surface area contributed by atoms with Crippen molar-refractivity contribution in [2.75, 3.05) is 19.7 Å². The molecule has 0 radical (unpaired) electrons. The average molecular weight is 284 g/mol. The summed E-state index contributed by atoms with van der Waals surface area (Å²) in [4.78, 5) is 2.36. The number of ether oxygens (including phenoxy) is 1. The van der Waals surface area contributed by atoms with E-state index in [2.05, 4.69) is 46.5 Å². The van der Waals surface area contributed by atoms with Crippen LogP contribution in [0.2, 0.25) is 0 Å². The summed E-state index contributed by atoms with van der Waals surface area (Å²) in [5.41, 5.74) is 1.56. The van der Waals surface area contributed by atoms with Gasteiger partial charge in [-0.2, -0.15) is 0 Å². The molecule has 0 bridgehead atoms. The second-order valence-corrected chi connectivity index (χ2v) is 4.43. The maximum Gasteiger partial charge on any atom is 0.336 e. The molecule has 0 aliphatic carbocycles. The first-order valence-corrected chi connectivity index (χ1v) is 6.75. The first kappa shape index (κ1) is 13.6. The largest absolute Gasteiger partial charge is 0.494 e. The minimum absolute atomic E-state index is 0.290. The van der Waals surface area contributed by atoms with E-state index in [0.717, 1.165) is 18.8 Å². The molecule has 0 saturated carbocycles. The normalized spacial score (nSPS) is 10.6. The predicted octanol–water partition coefficient (Wildman–Crippen LogP) is 2.52. The number of rotatable bonds is 6. The topological polar surface area (TPSA) is 12.5 Å². The molecule has 0 aromatic heterocycles. The summed E-state index contributed by atoms with van der Waals surface area (Å²) >= 11 is 3.72. The lowest BCUT2D eigenvalue weighted by Gasteiger charge is -2.22. The van der Waals surface area contributed by atoms with E-state index in [9.17, 15) is 0 Å². The monoisotopic (exact) mass is 283 g/mol. The number of benzene rings is 1. The maximum absolute atomic E-state index is 5.42. The highest BCUT2D eigenvalue weighted by Crippen LogP contribution is 2.10. The summed E-state index contributed by atoms with van der Waals surface area (Å²) in [6, 6.07) is 8.28. The zero-order valence-electron chi connectivity index (χ0n) is 10.2. The molecule has 0 aliphatic heterocycles. The van der Waals surface area contributed by atoms with Gasteiger partial charge < -0.3 is 9.55 Å². The van der Waals surface area contributed by atoms with Crippen LogP contribution in [-0.4, -0.2) is 30.2 Å². The Balaban J connectivity index is 2.72. The highest BCUT2D eigenvalue weighted by Gasteiger charge is 2.19. The molecule has 1 aromatic rings. The van der Waals surface area contributed by atoms with E-state index in [1.807, 2.05) is 19.1 Å². The van der Waals surface area contributed by atoms with Gasteiger partial charge in [0, 0.05) is 0 Å². The van der Waals surface area contributed by atoms with Crippen LogP contribution in [-0.2, 0) is 0 Å². The van der Waals surface area contributed by atoms with Gasteiger partial charge in [0.15, 0.2) is 0 Å². The van der Waals surface area contributed by atoms with Crippen molar-refractivity contribution in [3.05, 3.63) is 24.3 Å². The lowest BCUT2D eigenvalue weighted by Crippen LogP contribution is -2.43. The molecular formula is C12H19BBrNO. The van der Waals surface area contributed by atoms with Crippen LogP contribution in [0.4, 0.5) is 0 Å². The van der Waals surface area contributed by atoms with Gasteiger partial charge in [0.05, 0.1) is 6.61 Å². The van der Waals surface area contributed by atoms with E-state index in [0.29, 0.717) is 6.61 Å². The van der Waals surface area contributed by atoms with E-state index in [4.69, 9.17) is 4.74 Å². The van der Waals surface area contributed by atoms with Crippen LogP contribution in [0.5, 0.6) is 5.75 Å². The third kappa shape index (κ3) is 3.53. The highest BCUT2D eigenvalue weighted by atomic mass is 79.9. The van der Waals surface area contributed by atoms with E-state index >= 15 is 0 Å². The molecule has 2 nitrogen and oxygen atoms in total. The Bertz CT molecular complexity index is 300. The van der Waals surface area contributed by atoms with Crippen molar-refractivity contribution in [1.29, 1.82) is 0 Å². The minimum atomic E-state index is 0.290. The number of nitrogens with zero attached hydrogens (tertiary/aromatic N) is 1. The third-order valence-corrected chi connectivity index (χ3v) is 3.71. The molecule has 1 aromatic carbocycles. The highest BCUT2D eigenvalue weighted by molar-refractivity contribution is 9.24. The molecule has 0 unspecified atom stereocenters. The van der Waals surface area contributed by atoms with Gasteiger partial charge >= 0.3 is 5.67 Å². The van der Waals surface area contributed by atoms with Crippen molar-refractivity contribution < 1.29 is 4.74 Å². The standard InChI is InChI=1S/C12H19BBrNO/c1-4-15(5-2)13(14)11-7-9-12(10-8-11)16-6-3/h7-10H,4-6H2,1-3H3. The predicted molar refractivity (Wildman–Crippen MR) is 74.8 cm³/mol. The minimum Gasteiger partial charge on any atom is -0.494 e. The SMILES string of the molecule is CCOc1ccc(B(Br)N(CC)CC)cc1. The maximum atomic E-state index is 5.42. The van der Waals surface area contributed by atoms with Gasteiger partial charge in [-0.3, -0.25) is 0 Å². The van der Waals surface area contributed by atoms with Gasteiger partial charge in [-0.25, -0.2) is 0 Å². The summed E-state index contributed by atoms with van der Waals surface area (Å²) < 4.78 is 5.42. The quantitative estimate of drug-likeness (QED) is 0.744. The summed E-state index contributed by atoms with van der Waals surface area (Å²) in [6.45, 7) is 9.14. The molecule has 0 fully saturated rings. The van der Waals surface area contributed by atoms with Crippen molar-refractivity contribution in [3.8, 4) is 5.75 Å². The van der Waals surface area contributed by atoms with E-state index < -0.39 is 0 Å². The van der Waals surface area contributed by atoms with Crippen LogP contribution in [0.25, 0.3) is 0 Å². The van der Waals surface area contributed by atoms with Crippen molar-refractivity contribution in [3.63, 3.8) is 0 Å². The van der Waals surface area contributed by atoms with E-state index in [-0.39, 0.29) is 5.67 Å². The average Bonchev–Trinajstić information content (AvgIpc) is 2.32. The lowest BCUT2D eigenvalue weighted by molar-refractivity contribution is 0.340. The first-order chi connectivity index (χ1) is 7.72. The van der Waals surface area contributed by atoms with Crippen LogP contribution in [0.3, 0.4) is 0 Å². The van der Waals surface area contributed by atoms with E-state index in [1.165, 1.54) is 5.46 Å². The molecular weight excluding hydrogens is 265 g/mol. The molecule has 16 heavy (non-hydrogen) atoms. The Morgan fingerprint density at radius 2 is 1.69 bits per heavy atom. The van der Waals surface area contributed by atoms with Gasteiger partial charge in [-0.1, -0.05) is 26.0 Å². The Kier molecular flexibility index (Phi) is 5.92. The molecule has 0 amide bonds. The lowest BCUT2D eigenvalue weighted by atomic mass is 9.79. The molecule has 4 heteroatoms. The van der Waals surface area contributed by atoms with Gasteiger partial charge in [-0.05, 0) is 37.6 Å². The molecule has 0 aliphatic rings. The smallest absolute Gasteiger partial charge is 0.336 e. The third-order valence-electron chi connectivity index (χ3n) is 2.60. The Morgan fingerprint density at radius 3 is 2.12 bits per heavy atom. The van der Waals surface area contributed by atoms with Crippen LogP contribution in [0.15, 0.2) is 24.3 Å². The van der Waals surface area contributed by atoms with Gasteiger partial charge in [-0.15, -0.1) is 15.8 Å². The molecule has 0 N–H and O–H groups in total. The Hall–Kier alpha value is -0.475. The van der Waals surface area contributed by atoms with Gasteiger partial charge in [0.2, 0.25) is 0 Å². The van der Waals surface area contributed by atoms with Gasteiger partial charge in [0.1, 0.15) is 5.75 Å². The Labute approximate surface area is 107 Å². The van der Waals surface area contributed by atoms with Crippen LogP contribution in [0.1, 0.15) is 20.8 Å². The number of halogens is 1. The fraction of sp³-hybridized carbons (Fsp3) is 0.500. The van der Waals surface area contributed by atoms with Crippen LogP contribution < -0.4 is 10.2 Å². The van der Waals surface area contributed by atoms with Crippen molar-refractivity contribution in [1.82, 2.24) is 4.81 Å². The van der Waals surface area contributed by atoms with Crippen LogP contribution >= 0.6 is 15.8 Å². The zero-order valence-corrected chi connectivity index (χ0v) is 11.8. The first-order valence-electron chi connectivity index (χ1n) is 5.83. The molecule has 0 atom stereocenters. The molecule has 1 rings (SSSR count). The Morgan fingerprint density at radius 1 is 1.12 bits per heavy atom. The zero-order chi connectivity index (χ0) is 12.0. The fourth-order valence-electron chi connectivity index (χ4n) is 1.64.